The summed E-state index contributed by atoms with van der Waals surface area (Å²) in [6.45, 7) is 2.38. The second-order valence-corrected chi connectivity index (χ2v) is 4.86. The van der Waals surface area contributed by atoms with Crippen molar-refractivity contribution < 1.29 is 9.84 Å². The van der Waals surface area contributed by atoms with Crippen molar-refractivity contribution in [2.45, 2.75) is 13.0 Å². The van der Waals surface area contributed by atoms with Crippen LogP contribution in [0.2, 0.25) is 0 Å². The first-order valence-corrected chi connectivity index (χ1v) is 7.04. The quantitative estimate of drug-likeness (QED) is 0.796. The van der Waals surface area contributed by atoms with Crippen LogP contribution in [0.3, 0.4) is 0 Å². The summed E-state index contributed by atoms with van der Waals surface area (Å²) in [7, 11) is 0. The van der Waals surface area contributed by atoms with Gasteiger partial charge in [-0.25, -0.2) is 0 Å². The third kappa shape index (κ3) is 3.89. The van der Waals surface area contributed by atoms with Gasteiger partial charge in [0.1, 0.15) is 5.75 Å². The average molecular weight is 292 g/mol. The second kappa shape index (κ2) is 7.17. The molecule has 2 rings (SSSR count). The number of para-hydroxylation sites is 2. The predicted octanol–water partition coefficient (Wildman–Crippen LogP) is 3.80. The van der Waals surface area contributed by atoms with Crippen LogP contribution in [0.15, 0.2) is 48.5 Å². The van der Waals surface area contributed by atoms with E-state index in [1.165, 1.54) is 0 Å². The third-order valence-electron chi connectivity index (χ3n) is 2.90. The lowest BCUT2D eigenvalue weighted by atomic mass is 10.1. The molecule has 0 fully saturated rings. The molecular formula is C16H18ClNO2. The minimum atomic E-state index is -0.583. The Hall–Kier alpha value is -1.71. The number of nitrogens with one attached hydrogen (secondary N) is 1. The van der Waals surface area contributed by atoms with Crippen LogP contribution in [0.1, 0.15) is 5.56 Å². The molecular weight excluding hydrogens is 274 g/mol. The van der Waals surface area contributed by atoms with Crippen molar-refractivity contribution in [3.8, 4) is 11.5 Å². The normalized spacial score (nSPS) is 11.9. The van der Waals surface area contributed by atoms with Crippen LogP contribution in [0, 0.1) is 6.92 Å². The zero-order chi connectivity index (χ0) is 14.4. The lowest BCUT2D eigenvalue weighted by Gasteiger charge is -2.16. The average Bonchev–Trinajstić information content (AvgIpc) is 2.47. The summed E-state index contributed by atoms with van der Waals surface area (Å²) in [5.74, 6) is 1.71. The number of alkyl halides is 1. The van der Waals surface area contributed by atoms with Gasteiger partial charge in [0, 0.05) is 6.54 Å². The fraction of sp³-hybridized carbons (Fsp3) is 0.250. The Balaban J connectivity index is 2.18. The van der Waals surface area contributed by atoms with Crippen LogP contribution in [-0.2, 0) is 0 Å². The molecule has 0 saturated carbocycles. The van der Waals surface area contributed by atoms with Crippen LogP contribution in [0.5, 0.6) is 11.5 Å². The van der Waals surface area contributed by atoms with Gasteiger partial charge < -0.3 is 15.2 Å². The summed E-state index contributed by atoms with van der Waals surface area (Å²) in [5, 5.41) is 12.7. The molecule has 4 heteroatoms. The molecule has 2 aromatic carbocycles. The summed E-state index contributed by atoms with van der Waals surface area (Å²) in [5.41, 5.74) is 1.93. The monoisotopic (exact) mass is 291 g/mol. The number of benzene rings is 2. The molecule has 0 radical (unpaired) electrons. The molecule has 1 unspecified atom stereocenters. The highest BCUT2D eigenvalue weighted by Crippen LogP contribution is 2.32. The Morgan fingerprint density at radius 2 is 1.90 bits per heavy atom. The Morgan fingerprint density at radius 3 is 2.60 bits per heavy atom. The number of aliphatic hydroxyl groups excluding tert-OH is 1. The van der Waals surface area contributed by atoms with Crippen molar-refractivity contribution in [1.82, 2.24) is 0 Å². The van der Waals surface area contributed by atoms with E-state index in [1.54, 1.807) is 0 Å². The minimum absolute atomic E-state index is 0.202. The van der Waals surface area contributed by atoms with Crippen molar-refractivity contribution in [3.05, 3.63) is 54.1 Å². The van der Waals surface area contributed by atoms with Crippen LogP contribution >= 0.6 is 11.6 Å². The zero-order valence-electron chi connectivity index (χ0n) is 11.3. The van der Waals surface area contributed by atoms with E-state index < -0.39 is 6.10 Å². The largest absolute Gasteiger partial charge is 0.455 e. The fourth-order valence-corrected chi connectivity index (χ4v) is 1.95. The summed E-state index contributed by atoms with van der Waals surface area (Å²) in [6, 6.07) is 15.4. The van der Waals surface area contributed by atoms with E-state index in [4.69, 9.17) is 16.3 Å². The summed E-state index contributed by atoms with van der Waals surface area (Å²) in [6.07, 6.45) is -0.583. The third-order valence-corrected chi connectivity index (χ3v) is 3.25. The van der Waals surface area contributed by atoms with Gasteiger partial charge in [-0.15, -0.1) is 11.6 Å². The first-order valence-electron chi connectivity index (χ1n) is 6.51. The first-order chi connectivity index (χ1) is 9.70. The van der Waals surface area contributed by atoms with Gasteiger partial charge >= 0.3 is 0 Å². The number of halogens is 1. The molecule has 2 N–H and O–H groups in total. The number of hydrogen-bond acceptors (Lipinski definition) is 3. The maximum Gasteiger partial charge on any atom is 0.150 e. The van der Waals surface area contributed by atoms with E-state index in [-0.39, 0.29) is 5.88 Å². The maximum absolute atomic E-state index is 9.56. The molecule has 0 bridgehead atoms. The highest BCUT2D eigenvalue weighted by molar-refractivity contribution is 6.18. The van der Waals surface area contributed by atoms with E-state index >= 15 is 0 Å². The first kappa shape index (κ1) is 14.7. The number of anilines is 1. The van der Waals surface area contributed by atoms with E-state index in [9.17, 15) is 5.11 Å². The van der Waals surface area contributed by atoms with Crippen LogP contribution < -0.4 is 10.1 Å². The van der Waals surface area contributed by atoms with Gasteiger partial charge in [-0.05, 0) is 30.7 Å². The van der Waals surface area contributed by atoms with Crippen molar-refractivity contribution in [3.63, 3.8) is 0 Å². The molecule has 0 aromatic heterocycles. The van der Waals surface area contributed by atoms with E-state index in [2.05, 4.69) is 5.32 Å². The van der Waals surface area contributed by atoms with Gasteiger partial charge in [0.25, 0.3) is 0 Å². The van der Waals surface area contributed by atoms with Gasteiger partial charge in [0.05, 0.1) is 17.7 Å². The topological polar surface area (TPSA) is 41.5 Å². The van der Waals surface area contributed by atoms with Crippen molar-refractivity contribution >= 4 is 17.3 Å². The Morgan fingerprint density at radius 1 is 1.15 bits per heavy atom. The molecule has 0 saturated heterocycles. The van der Waals surface area contributed by atoms with Crippen LogP contribution in [-0.4, -0.2) is 23.6 Å². The molecule has 2 aromatic rings. The zero-order valence-corrected chi connectivity index (χ0v) is 12.1. The SMILES string of the molecule is Cc1cccc(Oc2ccccc2)c1NCC(O)CCl. The van der Waals surface area contributed by atoms with Crippen LogP contribution in [0.25, 0.3) is 0 Å². The van der Waals surface area contributed by atoms with E-state index in [0.717, 1.165) is 22.7 Å². The number of aryl methyl sites for hydroxylation is 1. The molecule has 3 nitrogen and oxygen atoms in total. The predicted molar refractivity (Wildman–Crippen MR) is 82.9 cm³/mol. The number of aliphatic hydroxyl groups is 1. The highest BCUT2D eigenvalue weighted by atomic mass is 35.5. The molecule has 0 spiro atoms. The Labute approximate surface area is 124 Å². The molecule has 0 aliphatic carbocycles. The van der Waals surface area contributed by atoms with E-state index in [0.29, 0.717) is 6.54 Å². The Kier molecular flexibility index (Phi) is 5.27. The van der Waals surface area contributed by atoms with Crippen molar-refractivity contribution in [2.24, 2.45) is 0 Å². The molecule has 106 valence electrons. The second-order valence-electron chi connectivity index (χ2n) is 4.55. The number of ether oxygens (including phenoxy) is 1. The summed E-state index contributed by atoms with van der Waals surface area (Å²) >= 11 is 5.61. The maximum atomic E-state index is 9.56. The fourth-order valence-electron chi connectivity index (χ4n) is 1.84. The lowest BCUT2D eigenvalue weighted by molar-refractivity contribution is 0.211. The minimum Gasteiger partial charge on any atom is -0.455 e. The molecule has 0 heterocycles. The van der Waals surface area contributed by atoms with Gasteiger partial charge in [-0.3, -0.25) is 0 Å². The standard InChI is InChI=1S/C16H18ClNO2/c1-12-6-5-9-15(16(12)18-11-13(19)10-17)20-14-7-3-2-4-8-14/h2-9,13,18-19H,10-11H2,1H3. The molecule has 0 aliphatic rings. The van der Waals surface area contributed by atoms with Gasteiger partial charge in [-0.1, -0.05) is 30.3 Å². The summed E-state index contributed by atoms with van der Waals surface area (Å²) in [4.78, 5) is 0. The van der Waals surface area contributed by atoms with Crippen LogP contribution in [0.4, 0.5) is 5.69 Å². The Bertz CT molecular complexity index is 545. The van der Waals surface area contributed by atoms with E-state index in [1.807, 2.05) is 55.5 Å². The smallest absolute Gasteiger partial charge is 0.150 e. The van der Waals surface area contributed by atoms with Gasteiger partial charge in [0.15, 0.2) is 5.75 Å². The van der Waals surface area contributed by atoms with Crippen molar-refractivity contribution in [2.75, 3.05) is 17.7 Å². The van der Waals surface area contributed by atoms with Gasteiger partial charge in [-0.2, -0.15) is 0 Å². The molecule has 0 aliphatic heterocycles. The molecule has 0 amide bonds. The molecule has 1 atom stereocenters. The lowest BCUT2D eigenvalue weighted by Crippen LogP contribution is -2.21. The highest BCUT2D eigenvalue weighted by Gasteiger charge is 2.09. The number of rotatable bonds is 6. The van der Waals surface area contributed by atoms with Gasteiger partial charge in [0.2, 0.25) is 0 Å². The number of hydrogen-bond donors (Lipinski definition) is 2. The summed E-state index contributed by atoms with van der Waals surface area (Å²) < 4.78 is 5.88. The molecule has 20 heavy (non-hydrogen) atoms. The van der Waals surface area contributed by atoms with Crippen molar-refractivity contribution in [1.29, 1.82) is 0 Å².